The number of amides is 1. The Balaban J connectivity index is 1.67. The molecule has 1 fully saturated rings. The van der Waals surface area contributed by atoms with Gasteiger partial charge in [0.25, 0.3) is 0 Å². The first-order valence-electron chi connectivity index (χ1n) is 9.12. The predicted octanol–water partition coefficient (Wildman–Crippen LogP) is -2.72. The maximum Gasteiger partial charge on any atom is 0.633 e. The highest BCUT2D eigenvalue weighted by molar-refractivity contribution is 6.32. The smallest absolute Gasteiger partial charge is 0.402 e. The summed E-state index contributed by atoms with van der Waals surface area (Å²) in [6.45, 7) is 4.79. The first-order chi connectivity index (χ1) is 13.1. The van der Waals surface area contributed by atoms with Gasteiger partial charge in [0.1, 0.15) is 6.54 Å². The van der Waals surface area contributed by atoms with E-state index >= 15 is 0 Å². The average Bonchev–Trinajstić information content (AvgIpc) is 3.10. The monoisotopic (exact) mass is 385 g/mol. The van der Waals surface area contributed by atoms with Gasteiger partial charge >= 0.3 is 7.32 Å². The number of nitrogens with two attached hydrogens (primary N) is 1. The summed E-state index contributed by atoms with van der Waals surface area (Å²) in [6, 6.07) is -0.416. The van der Waals surface area contributed by atoms with E-state index in [1.165, 1.54) is 4.68 Å². The lowest BCUT2D eigenvalue weighted by molar-refractivity contribution is -0.122. The number of tetrazole rings is 1. The molecule has 0 spiro atoms. The zero-order valence-electron chi connectivity index (χ0n) is 15.4. The van der Waals surface area contributed by atoms with Crippen LogP contribution < -0.4 is 11.1 Å². The molecular formula is C14H28BN7O5. The van der Waals surface area contributed by atoms with Crippen LogP contribution in [0.25, 0.3) is 0 Å². The normalized spacial score (nSPS) is 16.3. The molecule has 152 valence electrons. The van der Waals surface area contributed by atoms with Crippen molar-refractivity contribution in [2.45, 2.75) is 31.8 Å². The molecule has 1 aromatic rings. The zero-order valence-corrected chi connectivity index (χ0v) is 15.4. The van der Waals surface area contributed by atoms with Crippen LogP contribution in [0, 0.1) is 0 Å². The summed E-state index contributed by atoms with van der Waals surface area (Å²) in [5.74, 6) is 0.274. The minimum atomic E-state index is -1.76. The van der Waals surface area contributed by atoms with Crippen LogP contribution in [0.15, 0.2) is 0 Å². The van der Waals surface area contributed by atoms with Gasteiger partial charge in [0, 0.05) is 32.8 Å². The number of aromatic nitrogens is 4. The summed E-state index contributed by atoms with van der Waals surface area (Å²) in [4.78, 5) is 14.4. The quantitative estimate of drug-likeness (QED) is 0.220. The van der Waals surface area contributed by atoms with E-state index in [2.05, 4.69) is 30.4 Å². The van der Waals surface area contributed by atoms with E-state index in [1.54, 1.807) is 0 Å². The Morgan fingerprint density at radius 3 is 2.89 bits per heavy atom. The molecule has 1 aromatic heterocycles. The van der Waals surface area contributed by atoms with Crippen molar-refractivity contribution in [1.29, 1.82) is 0 Å². The first-order valence-corrected chi connectivity index (χ1v) is 9.12. The summed E-state index contributed by atoms with van der Waals surface area (Å²) >= 11 is 0. The Kier molecular flexibility index (Phi) is 9.59. The van der Waals surface area contributed by atoms with Crippen LogP contribution >= 0.6 is 0 Å². The van der Waals surface area contributed by atoms with Crippen molar-refractivity contribution in [3.63, 3.8) is 0 Å². The Hall–Kier alpha value is -1.64. The summed E-state index contributed by atoms with van der Waals surface area (Å²) in [7, 11) is -1.76. The van der Waals surface area contributed by atoms with Gasteiger partial charge in [0.15, 0.2) is 5.82 Å². The van der Waals surface area contributed by atoms with Crippen LogP contribution in [0.4, 0.5) is 0 Å². The number of carbonyl (C=O) groups excluding carboxylic acids is 1. The molecule has 1 saturated heterocycles. The van der Waals surface area contributed by atoms with E-state index in [0.29, 0.717) is 31.6 Å². The second kappa shape index (κ2) is 11.9. The second-order valence-corrected chi connectivity index (χ2v) is 6.30. The van der Waals surface area contributed by atoms with E-state index in [4.69, 9.17) is 20.5 Å². The van der Waals surface area contributed by atoms with Crippen molar-refractivity contribution in [2.75, 3.05) is 46.0 Å². The number of nitrogens with zero attached hydrogens (tertiary/aromatic N) is 5. The number of hydrogen-bond donors (Lipinski definition) is 4. The molecule has 1 aliphatic rings. The number of unbranched alkanes of at least 4 members (excludes halogenated alkanes) is 1. The number of morpholine rings is 1. The number of ether oxygens (including phenoxy) is 1. The van der Waals surface area contributed by atoms with Gasteiger partial charge in [-0.25, -0.2) is 4.68 Å². The Morgan fingerprint density at radius 1 is 1.37 bits per heavy atom. The van der Waals surface area contributed by atoms with Crippen LogP contribution in [-0.4, -0.2) is 94.4 Å². The van der Waals surface area contributed by atoms with E-state index in [-0.39, 0.29) is 19.1 Å². The highest BCUT2D eigenvalue weighted by Crippen LogP contribution is 2.13. The molecule has 5 N–H and O–H groups in total. The largest absolute Gasteiger partial charge is 0.633 e. The van der Waals surface area contributed by atoms with E-state index < -0.39 is 13.4 Å². The fourth-order valence-electron chi connectivity index (χ4n) is 2.74. The number of rotatable bonds is 12. The van der Waals surface area contributed by atoms with Gasteiger partial charge in [-0.15, -0.1) is 5.10 Å². The van der Waals surface area contributed by atoms with Gasteiger partial charge in [-0.2, -0.15) is 0 Å². The standard InChI is InChI=1S/C14H28BN7O5/c16-12(3-1-2-8-27-15(24)25)14-18-19-20-22(14)11-13(23)17-4-5-21-6-9-26-10-7-21/h12,24-25H,1-11,16H2,(H,17,23). The molecule has 13 heteroatoms. The van der Waals surface area contributed by atoms with Crippen molar-refractivity contribution in [2.24, 2.45) is 5.73 Å². The molecule has 1 aliphatic heterocycles. The lowest BCUT2D eigenvalue weighted by Gasteiger charge is -2.26. The van der Waals surface area contributed by atoms with Gasteiger partial charge in [0.05, 0.1) is 19.3 Å². The maximum absolute atomic E-state index is 12.1. The minimum Gasteiger partial charge on any atom is -0.402 e. The van der Waals surface area contributed by atoms with Gasteiger partial charge in [-0.05, 0) is 29.7 Å². The third-order valence-electron chi connectivity index (χ3n) is 4.21. The van der Waals surface area contributed by atoms with Gasteiger partial charge < -0.3 is 30.5 Å². The van der Waals surface area contributed by atoms with Gasteiger partial charge in [-0.3, -0.25) is 9.69 Å². The third kappa shape index (κ3) is 8.28. The molecule has 2 heterocycles. The number of hydrogen-bond acceptors (Lipinski definition) is 10. The fourth-order valence-corrected chi connectivity index (χ4v) is 2.74. The summed E-state index contributed by atoms with van der Waals surface area (Å²) in [5, 5.41) is 31.4. The summed E-state index contributed by atoms with van der Waals surface area (Å²) in [5.41, 5.74) is 6.10. The highest BCUT2D eigenvalue weighted by atomic mass is 16.6. The predicted molar refractivity (Wildman–Crippen MR) is 95.0 cm³/mol. The van der Waals surface area contributed by atoms with E-state index in [9.17, 15) is 4.79 Å². The maximum atomic E-state index is 12.1. The van der Waals surface area contributed by atoms with Gasteiger partial charge in [0.2, 0.25) is 5.91 Å². The summed E-state index contributed by atoms with van der Waals surface area (Å²) < 4.78 is 11.3. The van der Waals surface area contributed by atoms with Crippen LogP contribution in [-0.2, 0) is 20.7 Å². The van der Waals surface area contributed by atoms with Crippen molar-refractivity contribution < 1.29 is 24.2 Å². The SMILES string of the molecule is NC(CCCCOB(O)O)c1nnnn1CC(=O)NCCN1CCOCC1. The molecule has 2 rings (SSSR count). The van der Waals surface area contributed by atoms with Crippen LogP contribution in [0.3, 0.4) is 0 Å². The molecule has 27 heavy (non-hydrogen) atoms. The van der Waals surface area contributed by atoms with E-state index in [0.717, 1.165) is 32.8 Å². The zero-order chi connectivity index (χ0) is 19.5. The number of carbonyl (C=O) groups is 1. The number of nitrogens with one attached hydrogen (secondary N) is 1. The van der Waals surface area contributed by atoms with Crippen LogP contribution in [0.2, 0.25) is 0 Å². The molecule has 0 bridgehead atoms. The molecule has 1 atom stereocenters. The van der Waals surface area contributed by atoms with Crippen molar-refractivity contribution in [3.05, 3.63) is 5.82 Å². The van der Waals surface area contributed by atoms with Crippen molar-refractivity contribution in [3.8, 4) is 0 Å². The molecule has 12 nitrogen and oxygen atoms in total. The fraction of sp³-hybridized carbons (Fsp3) is 0.857. The highest BCUT2D eigenvalue weighted by Gasteiger charge is 2.17. The lowest BCUT2D eigenvalue weighted by atomic mass is 10.1. The van der Waals surface area contributed by atoms with Gasteiger partial charge in [-0.1, -0.05) is 0 Å². The molecule has 0 aromatic carbocycles. The van der Waals surface area contributed by atoms with Crippen molar-refractivity contribution >= 4 is 13.2 Å². The molecule has 1 amide bonds. The first kappa shape index (κ1) is 21.7. The second-order valence-electron chi connectivity index (χ2n) is 6.30. The van der Waals surface area contributed by atoms with E-state index in [1.807, 2.05) is 0 Å². The molecule has 0 aliphatic carbocycles. The van der Waals surface area contributed by atoms with Crippen LogP contribution in [0.1, 0.15) is 31.1 Å². The van der Waals surface area contributed by atoms with Crippen molar-refractivity contribution in [1.82, 2.24) is 30.4 Å². The summed E-state index contributed by atoms with van der Waals surface area (Å²) in [6.07, 6.45) is 1.91. The topological polar surface area (TPSA) is 161 Å². The third-order valence-corrected chi connectivity index (χ3v) is 4.21. The molecule has 0 saturated carbocycles. The minimum absolute atomic E-state index is 0.0129. The molecular weight excluding hydrogens is 357 g/mol. The van der Waals surface area contributed by atoms with Crippen LogP contribution in [0.5, 0.6) is 0 Å². The Labute approximate surface area is 158 Å². The molecule has 1 unspecified atom stereocenters. The Morgan fingerprint density at radius 2 is 2.15 bits per heavy atom. The lowest BCUT2D eigenvalue weighted by Crippen LogP contribution is -2.42. The average molecular weight is 385 g/mol. The molecule has 0 radical (unpaired) electrons. The Bertz CT molecular complexity index is 556.